The number of para-hydroxylation sites is 1. The maximum Gasteiger partial charge on any atom is 0.326 e. The van der Waals surface area contributed by atoms with Gasteiger partial charge in [-0.2, -0.15) is 0 Å². The van der Waals surface area contributed by atoms with E-state index in [1.54, 1.807) is 0 Å². The molecule has 6 nitrogen and oxygen atoms in total. The maximum atomic E-state index is 12.8. The summed E-state index contributed by atoms with van der Waals surface area (Å²) in [6.07, 6.45) is 7.59. The molecule has 2 N–H and O–H groups in total. The van der Waals surface area contributed by atoms with Gasteiger partial charge >= 0.3 is 5.69 Å². The van der Waals surface area contributed by atoms with E-state index in [9.17, 15) is 4.79 Å². The molecule has 3 aromatic rings. The van der Waals surface area contributed by atoms with Crippen LogP contribution >= 0.6 is 0 Å². The Morgan fingerprint density at radius 3 is 2.55 bits per heavy atom. The quantitative estimate of drug-likeness (QED) is 0.503. The van der Waals surface area contributed by atoms with Crippen LogP contribution in [-0.4, -0.2) is 41.7 Å². The number of nitrogens with zero attached hydrogens (tertiary/aromatic N) is 2. The fraction of sp³-hybridized carbons (Fsp3) is 0.480. The normalized spacial score (nSPS) is 15.3. The highest BCUT2D eigenvalue weighted by Crippen LogP contribution is 2.33. The Morgan fingerprint density at radius 1 is 1.10 bits per heavy atom. The summed E-state index contributed by atoms with van der Waals surface area (Å²) in [7, 11) is 4.07. The van der Waals surface area contributed by atoms with E-state index in [1.807, 2.05) is 61.1 Å². The molecule has 0 atom stereocenters. The highest BCUT2D eigenvalue weighted by atomic mass is 16.5. The third kappa shape index (κ3) is 5.50. The second-order valence-corrected chi connectivity index (χ2v) is 8.91. The van der Waals surface area contributed by atoms with Crippen LogP contribution in [0.5, 0.6) is 5.75 Å². The zero-order valence-electron chi connectivity index (χ0n) is 18.7. The first-order valence-corrected chi connectivity index (χ1v) is 11.5. The number of imidazole rings is 1. The zero-order chi connectivity index (χ0) is 21.6. The van der Waals surface area contributed by atoms with Gasteiger partial charge in [-0.15, -0.1) is 0 Å². The summed E-state index contributed by atoms with van der Waals surface area (Å²) in [6, 6.07) is 14.1. The summed E-state index contributed by atoms with van der Waals surface area (Å²) < 4.78 is 8.08. The van der Waals surface area contributed by atoms with Crippen molar-refractivity contribution < 1.29 is 4.74 Å². The van der Waals surface area contributed by atoms with E-state index in [2.05, 4.69) is 15.2 Å². The number of aromatic amines is 1. The minimum absolute atomic E-state index is 0.0321. The Labute approximate surface area is 184 Å². The van der Waals surface area contributed by atoms with Crippen LogP contribution in [0.4, 0.5) is 11.4 Å². The summed E-state index contributed by atoms with van der Waals surface area (Å²) in [6.45, 7) is 2.19. The van der Waals surface area contributed by atoms with Crippen molar-refractivity contribution in [3.05, 3.63) is 52.9 Å². The fourth-order valence-electron chi connectivity index (χ4n) is 4.40. The van der Waals surface area contributed by atoms with Crippen LogP contribution in [0.3, 0.4) is 0 Å². The number of H-pyrrole nitrogens is 1. The summed E-state index contributed by atoms with van der Waals surface area (Å²) in [5.41, 5.74) is 3.58. The van der Waals surface area contributed by atoms with Gasteiger partial charge in [-0.25, -0.2) is 4.79 Å². The van der Waals surface area contributed by atoms with Gasteiger partial charge in [0.15, 0.2) is 0 Å². The molecule has 166 valence electrons. The van der Waals surface area contributed by atoms with Gasteiger partial charge in [0.05, 0.1) is 16.7 Å². The van der Waals surface area contributed by atoms with E-state index in [4.69, 9.17) is 4.74 Å². The molecule has 0 bridgehead atoms. The molecule has 1 aliphatic carbocycles. The van der Waals surface area contributed by atoms with Gasteiger partial charge in [0.25, 0.3) is 0 Å². The van der Waals surface area contributed by atoms with Gasteiger partial charge < -0.3 is 19.9 Å². The molecule has 0 saturated heterocycles. The third-order valence-electron chi connectivity index (χ3n) is 6.14. The molecule has 2 aromatic carbocycles. The lowest BCUT2D eigenvalue weighted by atomic mass is 10.0. The number of rotatable bonds is 8. The minimum Gasteiger partial charge on any atom is -0.490 e. The minimum atomic E-state index is -0.0321. The smallest absolute Gasteiger partial charge is 0.326 e. The second-order valence-electron chi connectivity index (χ2n) is 8.91. The lowest BCUT2D eigenvalue weighted by Gasteiger charge is -2.17. The molecule has 0 radical (unpaired) electrons. The monoisotopic (exact) mass is 422 g/mol. The van der Waals surface area contributed by atoms with Crippen LogP contribution in [0.15, 0.2) is 47.3 Å². The van der Waals surface area contributed by atoms with E-state index in [1.165, 1.54) is 38.5 Å². The van der Waals surface area contributed by atoms with E-state index in [0.29, 0.717) is 12.5 Å². The van der Waals surface area contributed by atoms with Crippen LogP contribution in [0.2, 0.25) is 0 Å². The number of hydrogen-bond acceptors (Lipinski definition) is 4. The first-order chi connectivity index (χ1) is 15.1. The number of fused-ring (bicyclic) bond motifs is 1. The Morgan fingerprint density at radius 2 is 1.84 bits per heavy atom. The number of anilines is 2. The van der Waals surface area contributed by atoms with E-state index >= 15 is 0 Å². The molecule has 0 unspecified atom stereocenters. The highest BCUT2D eigenvalue weighted by Gasteiger charge is 2.18. The van der Waals surface area contributed by atoms with Gasteiger partial charge in [-0.05, 0) is 51.1 Å². The standard InChI is InChI=1S/C25H34N4O2/c1-28(2)14-15-31-24-17-23-21(16-22(24)26-20-12-8-5-9-13-20)27-25(30)29(23)18-19-10-6-3-4-7-11-19/h5,8-9,12-13,16-17,19,26H,3-4,6-7,10-11,14-15,18H2,1-2H3,(H,27,30). The number of benzene rings is 2. The van der Waals surface area contributed by atoms with Crippen molar-refractivity contribution in [2.75, 3.05) is 32.6 Å². The van der Waals surface area contributed by atoms with Crippen LogP contribution in [-0.2, 0) is 6.54 Å². The first-order valence-electron chi connectivity index (χ1n) is 11.5. The van der Waals surface area contributed by atoms with Crippen LogP contribution in [0, 0.1) is 5.92 Å². The zero-order valence-corrected chi connectivity index (χ0v) is 18.7. The van der Waals surface area contributed by atoms with Crippen LogP contribution < -0.4 is 15.7 Å². The van der Waals surface area contributed by atoms with E-state index < -0.39 is 0 Å². The second kappa shape index (κ2) is 10.1. The van der Waals surface area contributed by atoms with Gasteiger partial charge in [0.1, 0.15) is 12.4 Å². The Bertz CT molecular complexity index is 1030. The Kier molecular flexibility index (Phi) is 6.97. The summed E-state index contributed by atoms with van der Waals surface area (Å²) in [5.74, 6) is 1.34. The molecule has 4 rings (SSSR count). The Hall–Kier alpha value is -2.73. The van der Waals surface area contributed by atoms with Gasteiger partial charge in [-0.3, -0.25) is 4.57 Å². The summed E-state index contributed by atoms with van der Waals surface area (Å²) in [5, 5.41) is 3.45. The summed E-state index contributed by atoms with van der Waals surface area (Å²) >= 11 is 0. The molecule has 1 aromatic heterocycles. The van der Waals surface area contributed by atoms with Gasteiger partial charge in [0.2, 0.25) is 0 Å². The molecular formula is C25H34N4O2. The van der Waals surface area contributed by atoms with Crippen molar-refractivity contribution in [2.24, 2.45) is 5.92 Å². The topological polar surface area (TPSA) is 62.3 Å². The van der Waals surface area contributed by atoms with Gasteiger partial charge in [-0.1, -0.05) is 43.9 Å². The molecule has 1 saturated carbocycles. The molecule has 6 heteroatoms. The fourth-order valence-corrected chi connectivity index (χ4v) is 4.40. The van der Waals surface area contributed by atoms with Crippen molar-refractivity contribution in [1.29, 1.82) is 0 Å². The third-order valence-corrected chi connectivity index (χ3v) is 6.14. The lowest BCUT2D eigenvalue weighted by molar-refractivity contribution is 0.262. The molecule has 1 aliphatic rings. The average molecular weight is 423 g/mol. The van der Waals surface area contributed by atoms with E-state index in [-0.39, 0.29) is 5.69 Å². The predicted molar refractivity (Wildman–Crippen MR) is 128 cm³/mol. The molecule has 0 aliphatic heterocycles. The van der Waals surface area contributed by atoms with Crippen LogP contribution in [0.1, 0.15) is 38.5 Å². The van der Waals surface area contributed by atoms with E-state index in [0.717, 1.165) is 41.2 Å². The number of hydrogen-bond donors (Lipinski definition) is 2. The van der Waals surface area contributed by atoms with Crippen molar-refractivity contribution in [1.82, 2.24) is 14.5 Å². The van der Waals surface area contributed by atoms with Crippen LogP contribution in [0.25, 0.3) is 11.0 Å². The van der Waals surface area contributed by atoms with Gasteiger partial charge in [0, 0.05) is 24.8 Å². The molecule has 0 spiro atoms. The average Bonchev–Trinajstić information content (AvgIpc) is 2.91. The van der Waals surface area contributed by atoms with Crippen molar-refractivity contribution in [2.45, 2.75) is 45.1 Å². The molecular weight excluding hydrogens is 388 g/mol. The SMILES string of the molecule is CN(C)CCOc1cc2c(cc1Nc1ccccc1)[nH]c(=O)n2CC1CCCCCC1. The number of ether oxygens (including phenoxy) is 1. The molecule has 0 amide bonds. The van der Waals surface area contributed by atoms with Crippen molar-refractivity contribution in [3.8, 4) is 5.75 Å². The largest absolute Gasteiger partial charge is 0.490 e. The first kappa shape index (κ1) is 21.5. The Balaban J connectivity index is 1.66. The molecule has 1 fully saturated rings. The van der Waals surface area contributed by atoms with Crippen molar-refractivity contribution in [3.63, 3.8) is 0 Å². The molecule has 1 heterocycles. The number of likely N-dealkylation sites (N-methyl/N-ethyl adjacent to an activating group) is 1. The summed E-state index contributed by atoms with van der Waals surface area (Å²) in [4.78, 5) is 18.0. The van der Waals surface area contributed by atoms with Crippen molar-refractivity contribution >= 4 is 22.4 Å². The molecule has 31 heavy (non-hydrogen) atoms. The lowest BCUT2D eigenvalue weighted by Crippen LogP contribution is -2.21. The number of nitrogens with one attached hydrogen (secondary N) is 2. The highest BCUT2D eigenvalue weighted by molar-refractivity contribution is 5.85. The number of aromatic nitrogens is 2. The maximum absolute atomic E-state index is 12.8. The predicted octanol–water partition coefficient (Wildman–Crippen LogP) is 4.98.